The zero-order chi connectivity index (χ0) is 9.78. The summed E-state index contributed by atoms with van der Waals surface area (Å²) in [6.07, 6.45) is 10.8. The van der Waals surface area contributed by atoms with Gasteiger partial charge in [-0.25, -0.2) is 0 Å². The Morgan fingerprint density at radius 2 is 1.07 bits per heavy atom. The Kier molecular flexibility index (Phi) is 22.2. The van der Waals surface area contributed by atoms with Crippen LogP contribution in [-0.4, -0.2) is 13.1 Å². The number of nitrogens with zero attached hydrogens (tertiary/aromatic N) is 1. The van der Waals surface area contributed by atoms with Crippen LogP contribution in [0.25, 0.3) is 5.32 Å². The summed E-state index contributed by atoms with van der Waals surface area (Å²) in [7, 11) is 0. The SMILES string of the molecule is CCCCCC[N-]CCCCCC.[Rb+]. The van der Waals surface area contributed by atoms with Crippen molar-refractivity contribution in [3.63, 3.8) is 0 Å². The van der Waals surface area contributed by atoms with Gasteiger partial charge < -0.3 is 5.32 Å². The number of unbranched alkanes of at least 4 members (excludes halogenated alkanes) is 6. The molecule has 80 valence electrons. The summed E-state index contributed by atoms with van der Waals surface area (Å²) in [5.74, 6) is 0. The molecule has 0 aromatic heterocycles. The van der Waals surface area contributed by atoms with Gasteiger partial charge in [0, 0.05) is 0 Å². The minimum Gasteiger partial charge on any atom is -0.662 e. The van der Waals surface area contributed by atoms with Crippen molar-refractivity contribution in [2.75, 3.05) is 13.1 Å². The van der Waals surface area contributed by atoms with E-state index in [9.17, 15) is 0 Å². The molecule has 0 N–H and O–H groups in total. The predicted octanol–water partition coefficient (Wildman–Crippen LogP) is 1.52. The van der Waals surface area contributed by atoms with Gasteiger partial charge in [0.25, 0.3) is 0 Å². The molecule has 0 fully saturated rings. The van der Waals surface area contributed by atoms with E-state index in [1.54, 1.807) is 0 Å². The summed E-state index contributed by atoms with van der Waals surface area (Å²) in [5, 5.41) is 4.51. The van der Waals surface area contributed by atoms with Crippen LogP contribution in [0.2, 0.25) is 0 Å². The fourth-order valence-corrected chi connectivity index (χ4v) is 1.41. The average Bonchev–Trinajstić information content (AvgIpc) is 2.16. The first-order valence-corrected chi connectivity index (χ1v) is 6.05. The summed E-state index contributed by atoms with van der Waals surface area (Å²) in [4.78, 5) is 0. The smallest absolute Gasteiger partial charge is 0.662 e. The largest absolute Gasteiger partial charge is 1.00 e. The second kappa shape index (κ2) is 17.2. The van der Waals surface area contributed by atoms with Gasteiger partial charge >= 0.3 is 58.2 Å². The van der Waals surface area contributed by atoms with E-state index in [0.717, 1.165) is 13.1 Å². The minimum atomic E-state index is 0. The van der Waals surface area contributed by atoms with Gasteiger partial charge in [-0.1, -0.05) is 65.2 Å². The van der Waals surface area contributed by atoms with Crippen LogP contribution in [0.1, 0.15) is 65.2 Å². The van der Waals surface area contributed by atoms with E-state index in [4.69, 9.17) is 0 Å². The van der Waals surface area contributed by atoms with Crippen LogP contribution in [0.3, 0.4) is 0 Å². The van der Waals surface area contributed by atoms with E-state index < -0.39 is 0 Å². The molecule has 0 aliphatic carbocycles. The normalized spacial score (nSPS) is 9.86. The number of rotatable bonds is 10. The van der Waals surface area contributed by atoms with Crippen LogP contribution in [-0.2, 0) is 0 Å². The van der Waals surface area contributed by atoms with Gasteiger partial charge in [-0.05, 0) is 0 Å². The molecule has 2 heteroatoms. The summed E-state index contributed by atoms with van der Waals surface area (Å²) in [5.41, 5.74) is 0. The maximum absolute atomic E-state index is 4.51. The number of hydrogen-bond donors (Lipinski definition) is 0. The van der Waals surface area contributed by atoms with Gasteiger partial charge in [-0.3, -0.25) is 0 Å². The summed E-state index contributed by atoms with van der Waals surface area (Å²) in [6.45, 7) is 6.71. The molecule has 0 aromatic carbocycles. The van der Waals surface area contributed by atoms with Crippen molar-refractivity contribution >= 4 is 0 Å². The number of hydrogen-bond acceptors (Lipinski definition) is 0. The molecular weight excluding hydrogens is 244 g/mol. The molecule has 0 amide bonds. The Hall–Kier alpha value is 1.77. The fraction of sp³-hybridized carbons (Fsp3) is 1.00. The molecular formula is C12H26NRb. The monoisotopic (exact) mass is 269 g/mol. The molecule has 0 saturated heterocycles. The van der Waals surface area contributed by atoms with Gasteiger partial charge in [0.1, 0.15) is 0 Å². The van der Waals surface area contributed by atoms with Crippen molar-refractivity contribution in [2.24, 2.45) is 0 Å². The molecule has 0 heterocycles. The first-order chi connectivity index (χ1) is 6.41. The summed E-state index contributed by atoms with van der Waals surface area (Å²) >= 11 is 0. The van der Waals surface area contributed by atoms with Crippen molar-refractivity contribution in [2.45, 2.75) is 65.2 Å². The van der Waals surface area contributed by atoms with E-state index in [0.29, 0.717) is 0 Å². The van der Waals surface area contributed by atoms with Crippen LogP contribution in [0.5, 0.6) is 0 Å². The van der Waals surface area contributed by atoms with E-state index >= 15 is 0 Å². The standard InChI is InChI=1S/C12H26N.Rb/c1-3-5-7-9-11-13-12-10-8-6-4-2;/h3-12H2,1-2H3;/q-1;+1. The molecule has 0 aromatic rings. The third-order valence-corrected chi connectivity index (χ3v) is 2.34. The van der Waals surface area contributed by atoms with Gasteiger partial charge in [-0.15, -0.1) is 13.1 Å². The Bertz CT molecular complexity index is 76.4. The Morgan fingerprint density at radius 3 is 1.43 bits per heavy atom. The topological polar surface area (TPSA) is 14.1 Å². The minimum absolute atomic E-state index is 0. The first kappa shape index (κ1) is 18.1. The van der Waals surface area contributed by atoms with E-state index in [2.05, 4.69) is 19.2 Å². The van der Waals surface area contributed by atoms with Crippen LogP contribution in [0.15, 0.2) is 0 Å². The van der Waals surface area contributed by atoms with Crippen molar-refractivity contribution in [3.05, 3.63) is 5.32 Å². The van der Waals surface area contributed by atoms with Crippen molar-refractivity contribution < 1.29 is 58.2 Å². The maximum atomic E-state index is 4.51. The molecule has 0 aliphatic heterocycles. The molecule has 14 heavy (non-hydrogen) atoms. The molecule has 0 radical (unpaired) electrons. The molecule has 1 nitrogen and oxygen atoms in total. The van der Waals surface area contributed by atoms with Gasteiger partial charge in [0.05, 0.1) is 0 Å². The molecule has 0 spiro atoms. The molecule has 0 rings (SSSR count). The molecule has 0 saturated carbocycles. The zero-order valence-electron chi connectivity index (χ0n) is 10.5. The zero-order valence-corrected chi connectivity index (χ0v) is 15.4. The predicted molar refractivity (Wildman–Crippen MR) is 61.4 cm³/mol. The van der Waals surface area contributed by atoms with E-state index in [1.807, 2.05) is 0 Å². The van der Waals surface area contributed by atoms with Crippen LogP contribution < -0.4 is 58.2 Å². The van der Waals surface area contributed by atoms with Gasteiger partial charge in [0.2, 0.25) is 0 Å². The second-order valence-electron chi connectivity index (χ2n) is 3.79. The molecule has 0 unspecified atom stereocenters. The summed E-state index contributed by atoms with van der Waals surface area (Å²) in [6, 6.07) is 0. The van der Waals surface area contributed by atoms with Crippen LogP contribution in [0.4, 0.5) is 0 Å². The Labute approximate surface area is 140 Å². The quantitative estimate of drug-likeness (QED) is 0.534. The van der Waals surface area contributed by atoms with Crippen LogP contribution >= 0.6 is 0 Å². The van der Waals surface area contributed by atoms with Gasteiger partial charge in [0.15, 0.2) is 0 Å². The van der Waals surface area contributed by atoms with E-state index in [1.165, 1.54) is 51.4 Å². The van der Waals surface area contributed by atoms with Crippen LogP contribution in [0, 0.1) is 0 Å². The summed E-state index contributed by atoms with van der Waals surface area (Å²) < 4.78 is 0. The average molecular weight is 270 g/mol. The Morgan fingerprint density at radius 1 is 0.643 bits per heavy atom. The molecule has 0 bridgehead atoms. The van der Waals surface area contributed by atoms with E-state index in [-0.39, 0.29) is 58.2 Å². The third-order valence-electron chi connectivity index (χ3n) is 2.34. The third kappa shape index (κ3) is 16.2. The Balaban J connectivity index is 0. The van der Waals surface area contributed by atoms with Gasteiger partial charge in [-0.2, -0.15) is 0 Å². The molecule has 0 aliphatic rings. The fourth-order valence-electron chi connectivity index (χ4n) is 1.41. The van der Waals surface area contributed by atoms with Crippen molar-refractivity contribution in [1.29, 1.82) is 0 Å². The first-order valence-electron chi connectivity index (χ1n) is 6.05. The second-order valence-corrected chi connectivity index (χ2v) is 3.79. The van der Waals surface area contributed by atoms with Crippen molar-refractivity contribution in [1.82, 2.24) is 0 Å². The van der Waals surface area contributed by atoms with Crippen molar-refractivity contribution in [3.8, 4) is 0 Å². The molecule has 0 atom stereocenters. The maximum Gasteiger partial charge on any atom is 1.00 e.